The molecule has 0 radical (unpaired) electrons. The van der Waals surface area contributed by atoms with Gasteiger partial charge >= 0.3 is 11.4 Å². The van der Waals surface area contributed by atoms with Crippen molar-refractivity contribution in [2.45, 2.75) is 75.0 Å². The van der Waals surface area contributed by atoms with Crippen molar-refractivity contribution in [1.29, 1.82) is 0 Å². The maximum atomic E-state index is 13.8. The molecule has 6 aromatic rings. The fraction of sp³-hybridized carbons (Fsp3) is 0.333. The summed E-state index contributed by atoms with van der Waals surface area (Å²) in [6.45, 7) is 0. The second kappa shape index (κ2) is 12.3. The summed E-state index contributed by atoms with van der Waals surface area (Å²) < 4.78 is 81.5. The third-order valence-corrected chi connectivity index (χ3v) is 10.8. The molecule has 48 heavy (non-hydrogen) atoms. The summed E-state index contributed by atoms with van der Waals surface area (Å²) in [5.41, 5.74) is 3.11. The van der Waals surface area contributed by atoms with Crippen LogP contribution < -0.4 is 0 Å². The Balaban J connectivity index is 0.000000141. The van der Waals surface area contributed by atoms with Gasteiger partial charge in [-0.15, -0.1) is 0 Å². The minimum absolute atomic E-state index is 0.0962. The van der Waals surface area contributed by atoms with Crippen molar-refractivity contribution in [3.05, 3.63) is 96.1 Å². The molecule has 1 saturated heterocycles. The molecule has 250 valence electrons. The van der Waals surface area contributed by atoms with E-state index >= 15 is 0 Å². The predicted molar refractivity (Wildman–Crippen MR) is 174 cm³/mol. The van der Waals surface area contributed by atoms with Gasteiger partial charge in [0.2, 0.25) is 0 Å². The van der Waals surface area contributed by atoms with E-state index in [1.165, 1.54) is 48.5 Å². The highest BCUT2D eigenvalue weighted by Crippen LogP contribution is 2.43. The van der Waals surface area contributed by atoms with Crippen LogP contribution in [-0.4, -0.2) is 48.0 Å². The van der Waals surface area contributed by atoms with E-state index in [1.54, 1.807) is 24.3 Å². The average Bonchev–Trinajstić information content (AvgIpc) is 3.71. The van der Waals surface area contributed by atoms with E-state index in [0.29, 0.717) is 34.4 Å². The van der Waals surface area contributed by atoms with Gasteiger partial charge in [-0.25, -0.2) is 17.6 Å². The highest BCUT2D eigenvalue weighted by atomic mass is 32.2. The van der Waals surface area contributed by atoms with Crippen molar-refractivity contribution >= 4 is 55.0 Å². The number of hydrogen-bond donors (Lipinski definition) is 2. The Labute approximate surface area is 275 Å². The summed E-state index contributed by atoms with van der Waals surface area (Å²) in [7, 11) is 0. The molecule has 7 atom stereocenters. The molecule has 1 aliphatic heterocycles. The first-order valence-corrected chi connectivity index (χ1v) is 17.1. The number of aliphatic hydroxyl groups is 2. The highest BCUT2D eigenvalue weighted by molar-refractivity contribution is 7.75. The summed E-state index contributed by atoms with van der Waals surface area (Å²) in [5.74, 6) is -1.49. The van der Waals surface area contributed by atoms with Gasteiger partial charge in [0.25, 0.3) is 0 Å². The number of fused-ring (bicyclic) bond motifs is 7. The molecule has 2 N–H and O–H groups in total. The number of nitrogens with zero attached hydrogens (tertiary/aromatic N) is 2. The summed E-state index contributed by atoms with van der Waals surface area (Å²) in [6, 6.07) is 17.5. The van der Waals surface area contributed by atoms with Gasteiger partial charge in [0.15, 0.2) is 0 Å². The maximum Gasteiger partial charge on any atom is 0.305 e. The van der Waals surface area contributed by atoms with Gasteiger partial charge in [0, 0.05) is 43.6 Å². The summed E-state index contributed by atoms with van der Waals surface area (Å²) >= 11 is -1.73. The minimum atomic E-state index is -1.73. The molecule has 4 aromatic carbocycles. The van der Waals surface area contributed by atoms with Crippen LogP contribution >= 0.6 is 0 Å². The monoisotopic (exact) mass is 680 g/mol. The Morgan fingerprint density at radius 3 is 1.48 bits per heavy atom. The van der Waals surface area contributed by atoms with E-state index < -0.39 is 23.6 Å². The Morgan fingerprint density at radius 2 is 1.00 bits per heavy atom. The van der Waals surface area contributed by atoms with Crippen LogP contribution in [0.1, 0.15) is 50.6 Å². The molecule has 7 nitrogen and oxygen atoms in total. The third kappa shape index (κ3) is 5.30. The molecule has 9 rings (SSSR count). The Bertz CT molecular complexity index is 2100. The summed E-state index contributed by atoms with van der Waals surface area (Å²) in [6.07, 6.45) is 2.41. The van der Waals surface area contributed by atoms with Gasteiger partial charge < -0.3 is 19.3 Å². The molecule has 12 heteroatoms. The van der Waals surface area contributed by atoms with Crippen LogP contribution in [0, 0.1) is 23.3 Å². The zero-order valence-electron chi connectivity index (χ0n) is 25.6. The van der Waals surface area contributed by atoms with Crippen LogP contribution in [0.5, 0.6) is 0 Å². The fourth-order valence-corrected chi connectivity index (χ4v) is 8.84. The first kappa shape index (κ1) is 31.5. The van der Waals surface area contributed by atoms with Gasteiger partial charge in [-0.1, -0.05) is 0 Å². The van der Waals surface area contributed by atoms with E-state index in [4.69, 9.17) is 8.37 Å². The number of aliphatic hydroxyl groups excluding tert-OH is 2. The van der Waals surface area contributed by atoms with Gasteiger partial charge in [0.05, 0.1) is 18.2 Å². The van der Waals surface area contributed by atoms with Crippen LogP contribution in [0.3, 0.4) is 0 Å². The molecule has 0 bridgehead atoms. The molecule has 2 aromatic heterocycles. The van der Waals surface area contributed by atoms with Crippen molar-refractivity contribution in [2.24, 2.45) is 0 Å². The second-order valence-electron chi connectivity index (χ2n) is 12.8. The molecule has 2 aliphatic carbocycles. The van der Waals surface area contributed by atoms with E-state index in [1.807, 2.05) is 4.57 Å². The van der Waals surface area contributed by atoms with Crippen LogP contribution in [0.15, 0.2) is 72.8 Å². The Morgan fingerprint density at radius 1 is 0.583 bits per heavy atom. The number of aromatic nitrogens is 2. The van der Waals surface area contributed by atoms with Crippen molar-refractivity contribution in [3.63, 3.8) is 0 Å². The number of rotatable bonds is 2. The van der Waals surface area contributed by atoms with Gasteiger partial charge in [-0.2, -0.15) is 4.21 Å². The number of hydrogen-bond acceptors (Lipinski definition) is 5. The van der Waals surface area contributed by atoms with Gasteiger partial charge in [-0.05, 0) is 111 Å². The molecular weight excluding hydrogens is 648 g/mol. The van der Waals surface area contributed by atoms with Gasteiger partial charge in [0.1, 0.15) is 41.6 Å². The van der Waals surface area contributed by atoms with Gasteiger partial charge in [-0.3, -0.25) is 8.37 Å². The lowest BCUT2D eigenvalue weighted by Gasteiger charge is -2.33. The average molecular weight is 681 g/mol. The molecule has 3 heterocycles. The van der Waals surface area contributed by atoms with E-state index in [0.717, 1.165) is 47.8 Å². The standard InChI is InChI=1S/C18H15F2NO3S.C18H17F2NO2/c19-10-4-6-14-12(8-10)13-9-11(20)5-7-15(13)21(14)16-2-1-3-17-18(16)24-25(22)23-17;19-10-4-6-14-12(8-10)13-9-11(20)5-7-15(13)21(14)16-2-1-3-17(22)18(16)23/h4-9,16-18H,1-3H2;4-9,16-18,22-23H,1-3H2/t16-,17-,18+,25?;16-,17-,18+/m11/s1. The quantitative estimate of drug-likeness (QED) is 0.183. The molecule has 1 unspecified atom stereocenters. The lowest BCUT2D eigenvalue weighted by molar-refractivity contribution is -0.0375. The van der Waals surface area contributed by atoms with E-state index in [9.17, 15) is 32.0 Å². The molecule has 3 fully saturated rings. The van der Waals surface area contributed by atoms with E-state index in [2.05, 4.69) is 4.57 Å². The molecule has 0 amide bonds. The molecule has 2 saturated carbocycles. The van der Waals surface area contributed by atoms with Crippen LogP contribution in [0.4, 0.5) is 17.6 Å². The summed E-state index contributed by atoms with van der Waals surface area (Å²) in [5, 5.41) is 23.0. The number of halogens is 4. The smallest absolute Gasteiger partial charge is 0.305 e. The normalized spacial score (nSPS) is 27.4. The Hall–Kier alpha value is -3.81. The summed E-state index contributed by atoms with van der Waals surface area (Å²) in [4.78, 5) is 0. The number of benzene rings is 4. The third-order valence-electron chi connectivity index (χ3n) is 10.0. The lowest BCUT2D eigenvalue weighted by Crippen LogP contribution is -2.38. The van der Waals surface area contributed by atoms with Crippen molar-refractivity contribution < 1.29 is 40.3 Å². The fourth-order valence-electron chi connectivity index (χ4n) is 7.95. The van der Waals surface area contributed by atoms with Crippen LogP contribution in [-0.2, 0) is 19.7 Å². The van der Waals surface area contributed by atoms with Crippen LogP contribution in [0.25, 0.3) is 43.6 Å². The first-order chi connectivity index (χ1) is 23.2. The molecule has 0 spiro atoms. The zero-order valence-corrected chi connectivity index (χ0v) is 26.4. The van der Waals surface area contributed by atoms with Crippen molar-refractivity contribution in [2.75, 3.05) is 0 Å². The lowest BCUT2D eigenvalue weighted by atomic mass is 9.89. The highest BCUT2D eigenvalue weighted by Gasteiger charge is 2.44. The molecule has 3 aliphatic rings. The Kier molecular flexibility index (Phi) is 8.03. The topological polar surface area (TPSA) is 85.8 Å². The first-order valence-electron chi connectivity index (χ1n) is 16.1. The maximum absolute atomic E-state index is 13.8. The van der Waals surface area contributed by atoms with Crippen molar-refractivity contribution in [3.8, 4) is 0 Å². The SMILES string of the molecule is O=S1O[C@H]2[C@H](n3c4ccc(F)cc4c4cc(F)ccc43)CCC[C@H]2O1.O[C@@H]1[C@H](O)CCC[C@H]1n1c2ccc(F)cc2c2cc(F)ccc21. The molecular formula is C36H32F4N2O5S. The van der Waals surface area contributed by atoms with Crippen LogP contribution in [0.2, 0.25) is 0 Å². The van der Waals surface area contributed by atoms with E-state index in [-0.39, 0.29) is 47.6 Å². The largest absolute Gasteiger partial charge is 0.390 e. The zero-order chi connectivity index (χ0) is 33.3. The minimum Gasteiger partial charge on any atom is -0.390 e. The predicted octanol–water partition coefficient (Wildman–Crippen LogP) is 7.68. The second-order valence-corrected chi connectivity index (χ2v) is 13.6. The van der Waals surface area contributed by atoms with Crippen molar-refractivity contribution in [1.82, 2.24) is 9.13 Å².